The molecule has 0 radical (unpaired) electrons. The maximum atomic E-state index is 12.3. The number of amides is 2. The lowest BCUT2D eigenvalue weighted by Gasteiger charge is -2.38. The van der Waals surface area contributed by atoms with Gasteiger partial charge in [-0.05, 0) is 92.6 Å². The van der Waals surface area contributed by atoms with Crippen molar-refractivity contribution in [1.29, 1.82) is 0 Å². The third-order valence-corrected chi connectivity index (χ3v) is 6.53. The summed E-state index contributed by atoms with van der Waals surface area (Å²) in [5.41, 5.74) is 6.85. The normalized spacial score (nSPS) is 22.0. The number of carbonyl (C=O) groups is 1. The first-order valence-electron chi connectivity index (χ1n) is 9.31. The molecule has 1 heterocycles. The summed E-state index contributed by atoms with van der Waals surface area (Å²) in [5.74, 6) is 0.947. The van der Waals surface area contributed by atoms with E-state index in [1.165, 1.54) is 72.9 Å². The van der Waals surface area contributed by atoms with Crippen molar-refractivity contribution in [2.45, 2.75) is 57.9 Å². The molecule has 130 valence electrons. The molecule has 1 atom stereocenters. The molecular formula is C19H27N3OS. The van der Waals surface area contributed by atoms with Crippen molar-refractivity contribution in [3.05, 3.63) is 28.3 Å². The molecule has 1 fully saturated rings. The van der Waals surface area contributed by atoms with E-state index in [4.69, 9.17) is 0 Å². The van der Waals surface area contributed by atoms with Crippen LogP contribution in [-0.4, -0.2) is 35.8 Å². The van der Waals surface area contributed by atoms with Crippen LogP contribution in [0, 0.1) is 0 Å². The van der Waals surface area contributed by atoms with Crippen LogP contribution in [0.3, 0.4) is 0 Å². The number of hydrogen-bond donors (Lipinski definition) is 2. The van der Waals surface area contributed by atoms with Crippen molar-refractivity contribution in [2.75, 3.05) is 24.2 Å². The lowest BCUT2D eigenvalue weighted by Crippen LogP contribution is -2.46. The summed E-state index contributed by atoms with van der Waals surface area (Å²) >= 11 is 1.52. The third-order valence-electron chi connectivity index (χ3n) is 5.81. The summed E-state index contributed by atoms with van der Waals surface area (Å²) in [6.45, 7) is 4.53. The first-order valence-corrected chi connectivity index (χ1v) is 10.3. The Morgan fingerprint density at radius 3 is 2.50 bits per heavy atom. The molecule has 1 unspecified atom stereocenters. The predicted octanol–water partition coefficient (Wildman–Crippen LogP) is 3.53. The van der Waals surface area contributed by atoms with Gasteiger partial charge in [0.05, 0.1) is 0 Å². The van der Waals surface area contributed by atoms with Crippen LogP contribution in [0.4, 0.5) is 10.5 Å². The van der Waals surface area contributed by atoms with Crippen molar-refractivity contribution >= 4 is 23.7 Å². The van der Waals surface area contributed by atoms with E-state index in [0.717, 1.165) is 30.8 Å². The Balaban J connectivity index is 1.34. The summed E-state index contributed by atoms with van der Waals surface area (Å²) in [5, 5.41) is 3.18. The molecule has 1 aromatic carbocycles. The molecule has 0 aromatic heterocycles. The highest BCUT2D eigenvalue weighted by atomic mass is 32.2. The smallest absolute Gasteiger partial charge is 0.307 e. The van der Waals surface area contributed by atoms with Crippen molar-refractivity contribution in [1.82, 2.24) is 9.62 Å². The average molecular weight is 346 g/mol. The van der Waals surface area contributed by atoms with Gasteiger partial charge in [-0.3, -0.25) is 9.62 Å². The van der Waals surface area contributed by atoms with Gasteiger partial charge in [-0.15, -0.1) is 0 Å². The van der Waals surface area contributed by atoms with Crippen LogP contribution < -0.4 is 10.0 Å². The van der Waals surface area contributed by atoms with Crippen molar-refractivity contribution in [3.63, 3.8) is 0 Å². The highest BCUT2D eigenvalue weighted by Crippen LogP contribution is 2.38. The van der Waals surface area contributed by atoms with Gasteiger partial charge in [-0.1, -0.05) is 6.07 Å². The SMILES string of the molecule is CC1CCN1CCSNC(=O)Nc1c2c(cc3c1CCC3)CCC2. The van der Waals surface area contributed by atoms with Gasteiger partial charge in [-0.25, -0.2) is 4.79 Å². The van der Waals surface area contributed by atoms with Gasteiger partial charge in [0.15, 0.2) is 0 Å². The lowest BCUT2D eigenvalue weighted by molar-refractivity contribution is 0.114. The number of aryl methyl sites for hydroxylation is 2. The molecule has 4 nitrogen and oxygen atoms in total. The van der Waals surface area contributed by atoms with Crippen molar-refractivity contribution in [3.8, 4) is 0 Å². The third kappa shape index (κ3) is 3.16. The Labute approximate surface area is 148 Å². The lowest BCUT2D eigenvalue weighted by atomic mass is 9.99. The fourth-order valence-corrected chi connectivity index (χ4v) is 4.90. The van der Waals surface area contributed by atoms with Crippen LogP contribution in [0.5, 0.6) is 0 Å². The van der Waals surface area contributed by atoms with E-state index in [1.807, 2.05) is 0 Å². The van der Waals surface area contributed by atoms with Crippen LogP contribution >= 0.6 is 11.9 Å². The summed E-state index contributed by atoms with van der Waals surface area (Å²) < 4.78 is 2.97. The molecule has 5 heteroatoms. The molecule has 1 aromatic rings. The van der Waals surface area contributed by atoms with Gasteiger partial charge in [0.25, 0.3) is 0 Å². The van der Waals surface area contributed by atoms with E-state index in [0.29, 0.717) is 6.04 Å². The molecule has 0 bridgehead atoms. The number of nitrogens with one attached hydrogen (secondary N) is 2. The maximum absolute atomic E-state index is 12.3. The molecule has 4 rings (SSSR count). The van der Waals surface area contributed by atoms with E-state index in [-0.39, 0.29) is 6.03 Å². The zero-order valence-electron chi connectivity index (χ0n) is 14.5. The van der Waals surface area contributed by atoms with E-state index >= 15 is 0 Å². The Kier molecular flexibility index (Phi) is 4.72. The maximum Gasteiger partial charge on any atom is 0.329 e. The number of anilines is 1. The fraction of sp³-hybridized carbons (Fsp3) is 0.632. The van der Waals surface area contributed by atoms with Crippen LogP contribution in [-0.2, 0) is 25.7 Å². The number of rotatable bonds is 5. The number of carbonyl (C=O) groups excluding carboxylic acids is 1. The van der Waals surface area contributed by atoms with Crippen LogP contribution in [0.1, 0.15) is 48.4 Å². The van der Waals surface area contributed by atoms with Gasteiger partial charge in [0.1, 0.15) is 0 Å². The van der Waals surface area contributed by atoms with Crippen molar-refractivity contribution in [2.24, 2.45) is 0 Å². The molecule has 3 aliphatic rings. The minimum atomic E-state index is -0.0638. The molecular weight excluding hydrogens is 318 g/mol. The second-order valence-corrected chi connectivity index (χ2v) is 8.21. The summed E-state index contributed by atoms with van der Waals surface area (Å²) in [6.07, 6.45) is 8.30. The minimum Gasteiger partial charge on any atom is -0.307 e. The number of hydrogen-bond acceptors (Lipinski definition) is 3. The van der Waals surface area contributed by atoms with Gasteiger partial charge in [0, 0.05) is 24.0 Å². The Morgan fingerprint density at radius 2 is 1.92 bits per heavy atom. The van der Waals surface area contributed by atoms with E-state index in [9.17, 15) is 4.79 Å². The van der Waals surface area contributed by atoms with Crippen LogP contribution in [0.15, 0.2) is 6.07 Å². The highest BCUT2D eigenvalue weighted by molar-refractivity contribution is 7.97. The second kappa shape index (κ2) is 6.96. The molecule has 1 aliphatic heterocycles. The Bertz CT molecular complexity index is 614. The van der Waals surface area contributed by atoms with E-state index < -0.39 is 0 Å². The van der Waals surface area contributed by atoms with Gasteiger partial charge in [0.2, 0.25) is 0 Å². The highest BCUT2D eigenvalue weighted by Gasteiger charge is 2.25. The second-order valence-electron chi connectivity index (χ2n) is 7.31. The van der Waals surface area contributed by atoms with Gasteiger partial charge < -0.3 is 5.32 Å². The van der Waals surface area contributed by atoms with Gasteiger partial charge >= 0.3 is 6.03 Å². The number of nitrogens with zero attached hydrogens (tertiary/aromatic N) is 1. The first-order chi connectivity index (χ1) is 11.7. The van der Waals surface area contributed by atoms with E-state index in [2.05, 4.69) is 27.9 Å². The standard InChI is InChI=1S/C19H27N3OS/c1-13-8-9-22(13)10-11-24-21-19(23)20-18-16-6-2-4-14(16)12-15-5-3-7-17(15)18/h12-13H,2-11H2,1H3,(H2,20,21,23). The molecule has 2 amide bonds. The number of benzene rings is 1. The molecule has 0 spiro atoms. The molecule has 2 aliphatic carbocycles. The van der Waals surface area contributed by atoms with Crippen LogP contribution in [0.25, 0.3) is 0 Å². The monoisotopic (exact) mass is 345 g/mol. The van der Waals surface area contributed by atoms with Crippen molar-refractivity contribution < 1.29 is 4.79 Å². The zero-order chi connectivity index (χ0) is 16.5. The summed E-state index contributed by atoms with van der Waals surface area (Å²) in [6, 6.07) is 3.05. The zero-order valence-corrected chi connectivity index (χ0v) is 15.3. The Hall–Kier alpha value is -1.20. The quantitative estimate of drug-likeness (QED) is 0.634. The topological polar surface area (TPSA) is 44.4 Å². The molecule has 0 saturated carbocycles. The predicted molar refractivity (Wildman–Crippen MR) is 101 cm³/mol. The molecule has 24 heavy (non-hydrogen) atoms. The molecule has 2 N–H and O–H groups in total. The summed E-state index contributed by atoms with van der Waals surface area (Å²) in [7, 11) is 0. The number of fused-ring (bicyclic) bond motifs is 2. The fourth-order valence-electron chi connectivity index (χ4n) is 4.29. The first kappa shape index (κ1) is 16.3. The van der Waals surface area contributed by atoms with E-state index in [1.54, 1.807) is 0 Å². The Morgan fingerprint density at radius 1 is 1.21 bits per heavy atom. The summed E-state index contributed by atoms with van der Waals surface area (Å²) in [4.78, 5) is 14.8. The number of urea groups is 1. The largest absolute Gasteiger partial charge is 0.329 e. The minimum absolute atomic E-state index is 0.0638. The average Bonchev–Trinajstić information content (AvgIpc) is 3.21. The number of likely N-dealkylation sites (tertiary alicyclic amines) is 1. The van der Waals surface area contributed by atoms with Gasteiger partial charge in [-0.2, -0.15) is 0 Å². The molecule has 1 saturated heterocycles. The van der Waals surface area contributed by atoms with Crippen LogP contribution in [0.2, 0.25) is 0 Å².